The van der Waals surface area contributed by atoms with E-state index in [9.17, 15) is 4.79 Å². The Hall–Kier alpha value is -0.610. The number of carbonyl (C=O) groups is 1. The molecule has 1 heterocycles. The lowest BCUT2D eigenvalue weighted by Gasteiger charge is -2.45. The van der Waals surface area contributed by atoms with Gasteiger partial charge in [-0.2, -0.15) is 0 Å². The van der Waals surface area contributed by atoms with Gasteiger partial charge in [-0.25, -0.2) is 0 Å². The summed E-state index contributed by atoms with van der Waals surface area (Å²) in [4.78, 5) is 16.4. The number of hydrogen-bond donors (Lipinski definition) is 1. The molecule has 0 radical (unpaired) electrons. The maximum Gasteiger partial charge on any atom is 0.236 e. The number of piperazine rings is 1. The maximum atomic E-state index is 12.0. The molecule has 0 unspecified atom stereocenters. The van der Waals surface area contributed by atoms with E-state index in [1.807, 2.05) is 4.90 Å². The van der Waals surface area contributed by atoms with Crippen molar-refractivity contribution < 1.29 is 4.79 Å². The monoisotopic (exact) mass is 239 g/mol. The van der Waals surface area contributed by atoms with Gasteiger partial charge in [0.05, 0.1) is 6.54 Å². The van der Waals surface area contributed by atoms with Crippen LogP contribution in [0.25, 0.3) is 0 Å². The summed E-state index contributed by atoms with van der Waals surface area (Å²) >= 11 is 0. The van der Waals surface area contributed by atoms with Crippen LogP contribution in [0.4, 0.5) is 0 Å². The molecule has 1 saturated heterocycles. The highest BCUT2D eigenvalue weighted by Gasteiger charge is 2.33. The van der Waals surface area contributed by atoms with Crippen molar-refractivity contribution in [2.75, 3.05) is 39.8 Å². The second-order valence-electron chi connectivity index (χ2n) is 6.12. The molecule has 1 aliphatic heterocycles. The minimum Gasteiger partial charge on any atom is -0.338 e. The summed E-state index contributed by atoms with van der Waals surface area (Å²) < 4.78 is 0. The van der Waals surface area contributed by atoms with E-state index in [2.05, 4.69) is 31.1 Å². The van der Waals surface area contributed by atoms with Crippen LogP contribution in [0.15, 0.2) is 0 Å². The quantitative estimate of drug-likeness (QED) is 0.778. The van der Waals surface area contributed by atoms with Crippen molar-refractivity contribution >= 4 is 5.91 Å². The van der Waals surface area contributed by atoms with Gasteiger partial charge < -0.3 is 10.2 Å². The van der Waals surface area contributed by atoms with Crippen LogP contribution in [0.5, 0.6) is 0 Å². The predicted molar refractivity (Wildman–Crippen MR) is 68.9 cm³/mol. The van der Waals surface area contributed by atoms with Crippen molar-refractivity contribution in [3.05, 3.63) is 0 Å². The zero-order chi connectivity index (χ0) is 12.5. The summed E-state index contributed by atoms with van der Waals surface area (Å²) in [7, 11) is 2.13. The van der Waals surface area contributed by atoms with Gasteiger partial charge in [0.2, 0.25) is 5.91 Å². The van der Waals surface area contributed by atoms with Gasteiger partial charge in [0.15, 0.2) is 0 Å². The van der Waals surface area contributed by atoms with Crippen molar-refractivity contribution in [3.8, 4) is 0 Å². The Morgan fingerprint density at radius 3 is 2.65 bits per heavy atom. The summed E-state index contributed by atoms with van der Waals surface area (Å²) in [5.74, 6) is 1.10. The molecule has 0 aromatic carbocycles. The van der Waals surface area contributed by atoms with Gasteiger partial charge in [-0.3, -0.25) is 9.69 Å². The highest BCUT2D eigenvalue weighted by molar-refractivity contribution is 5.78. The number of rotatable bonds is 4. The Balaban J connectivity index is 1.74. The maximum absolute atomic E-state index is 12.0. The number of nitrogens with zero attached hydrogens (tertiary/aromatic N) is 2. The van der Waals surface area contributed by atoms with E-state index in [4.69, 9.17) is 0 Å². The summed E-state index contributed by atoms with van der Waals surface area (Å²) in [6, 6.07) is 0. The summed E-state index contributed by atoms with van der Waals surface area (Å²) in [5, 5.41) is 3.28. The molecule has 1 aliphatic carbocycles. The first-order chi connectivity index (χ1) is 7.99. The van der Waals surface area contributed by atoms with Crippen molar-refractivity contribution in [3.63, 3.8) is 0 Å². The Kier molecular flexibility index (Phi) is 3.73. The molecule has 4 heteroatoms. The molecule has 0 aromatic rings. The van der Waals surface area contributed by atoms with Crippen LogP contribution in [-0.4, -0.2) is 61.0 Å². The largest absolute Gasteiger partial charge is 0.338 e. The summed E-state index contributed by atoms with van der Waals surface area (Å²) in [6.45, 7) is 8.60. The molecule has 2 rings (SSSR count). The fraction of sp³-hybridized carbons (Fsp3) is 0.923. The first-order valence-corrected chi connectivity index (χ1v) is 6.69. The third kappa shape index (κ3) is 3.42. The topological polar surface area (TPSA) is 35.6 Å². The summed E-state index contributed by atoms with van der Waals surface area (Å²) in [6.07, 6.45) is 2.67. The van der Waals surface area contributed by atoms with E-state index in [1.165, 1.54) is 12.8 Å². The van der Waals surface area contributed by atoms with Crippen LogP contribution >= 0.6 is 0 Å². The molecule has 1 amide bonds. The van der Waals surface area contributed by atoms with Crippen molar-refractivity contribution in [2.45, 2.75) is 32.2 Å². The van der Waals surface area contributed by atoms with Gasteiger partial charge in [0.25, 0.3) is 0 Å². The lowest BCUT2D eigenvalue weighted by atomic mass is 10.00. The zero-order valence-corrected chi connectivity index (χ0v) is 11.3. The molecule has 4 nitrogen and oxygen atoms in total. The Bertz CT molecular complexity index is 286. The highest BCUT2D eigenvalue weighted by Crippen LogP contribution is 2.27. The molecule has 17 heavy (non-hydrogen) atoms. The highest BCUT2D eigenvalue weighted by atomic mass is 16.2. The molecular weight excluding hydrogens is 214 g/mol. The average Bonchev–Trinajstić information content (AvgIpc) is 3.06. The van der Waals surface area contributed by atoms with Gasteiger partial charge in [-0.15, -0.1) is 0 Å². The molecule has 0 spiro atoms. The third-order valence-corrected chi connectivity index (χ3v) is 4.08. The number of nitrogens with one attached hydrogen (secondary N) is 1. The fourth-order valence-electron chi connectivity index (χ4n) is 2.27. The third-order valence-electron chi connectivity index (χ3n) is 4.08. The molecule has 2 fully saturated rings. The van der Waals surface area contributed by atoms with Crippen LogP contribution in [0.3, 0.4) is 0 Å². The lowest BCUT2D eigenvalue weighted by molar-refractivity contribution is -0.134. The van der Waals surface area contributed by atoms with Crippen molar-refractivity contribution in [1.29, 1.82) is 0 Å². The van der Waals surface area contributed by atoms with Crippen LogP contribution < -0.4 is 5.32 Å². The standard InChI is InChI=1S/C13H25N3O/c1-13(2)10-16(7-6-15(13)3)12(17)9-14-8-11-4-5-11/h11,14H,4-10H2,1-3H3. The van der Waals surface area contributed by atoms with E-state index in [0.717, 1.165) is 32.1 Å². The lowest BCUT2D eigenvalue weighted by Crippen LogP contribution is -2.59. The van der Waals surface area contributed by atoms with E-state index in [1.54, 1.807) is 0 Å². The van der Waals surface area contributed by atoms with Crippen LogP contribution in [0, 0.1) is 5.92 Å². The fourth-order valence-corrected chi connectivity index (χ4v) is 2.27. The first kappa shape index (κ1) is 12.8. The Morgan fingerprint density at radius 2 is 2.06 bits per heavy atom. The molecule has 1 saturated carbocycles. The Morgan fingerprint density at radius 1 is 1.35 bits per heavy atom. The molecular formula is C13H25N3O. The predicted octanol–water partition coefficient (Wildman–Crippen LogP) is 0.539. The number of amides is 1. The van der Waals surface area contributed by atoms with Crippen molar-refractivity contribution in [1.82, 2.24) is 15.1 Å². The molecule has 98 valence electrons. The Labute approximate surface area is 104 Å². The van der Waals surface area contributed by atoms with E-state index >= 15 is 0 Å². The zero-order valence-electron chi connectivity index (χ0n) is 11.3. The average molecular weight is 239 g/mol. The minimum atomic E-state index is 0.102. The molecule has 0 atom stereocenters. The minimum absolute atomic E-state index is 0.102. The molecule has 2 aliphatic rings. The second kappa shape index (κ2) is 4.94. The van der Waals surface area contributed by atoms with Crippen LogP contribution in [-0.2, 0) is 4.79 Å². The second-order valence-corrected chi connectivity index (χ2v) is 6.12. The molecule has 1 N–H and O–H groups in total. The molecule has 0 bridgehead atoms. The number of hydrogen-bond acceptors (Lipinski definition) is 3. The van der Waals surface area contributed by atoms with Crippen molar-refractivity contribution in [2.24, 2.45) is 5.92 Å². The number of carbonyl (C=O) groups excluding carboxylic acids is 1. The first-order valence-electron chi connectivity index (χ1n) is 6.69. The van der Waals surface area contributed by atoms with Gasteiger partial charge >= 0.3 is 0 Å². The normalized spacial score (nSPS) is 25.0. The van der Waals surface area contributed by atoms with Crippen LogP contribution in [0.1, 0.15) is 26.7 Å². The number of likely N-dealkylation sites (N-methyl/N-ethyl adjacent to an activating group) is 1. The van der Waals surface area contributed by atoms with E-state index in [0.29, 0.717) is 6.54 Å². The summed E-state index contributed by atoms with van der Waals surface area (Å²) in [5.41, 5.74) is 0.102. The van der Waals surface area contributed by atoms with Gasteiger partial charge in [-0.1, -0.05) is 0 Å². The van der Waals surface area contributed by atoms with Gasteiger partial charge in [-0.05, 0) is 46.2 Å². The smallest absolute Gasteiger partial charge is 0.236 e. The van der Waals surface area contributed by atoms with Gasteiger partial charge in [0, 0.05) is 25.2 Å². The SMILES string of the molecule is CN1CCN(C(=O)CNCC2CC2)CC1(C)C. The molecule has 0 aromatic heterocycles. The van der Waals surface area contributed by atoms with Gasteiger partial charge in [0.1, 0.15) is 0 Å². The van der Waals surface area contributed by atoms with E-state index < -0.39 is 0 Å². The van der Waals surface area contributed by atoms with E-state index in [-0.39, 0.29) is 11.4 Å². The van der Waals surface area contributed by atoms with Crippen LogP contribution in [0.2, 0.25) is 0 Å².